The number of esters is 1. The van der Waals surface area contributed by atoms with Crippen molar-refractivity contribution in [3.8, 4) is 5.75 Å². The number of sulfonamides is 1. The smallest absolute Gasteiger partial charge is 0.307 e. The lowest BCUT2D eigenvalue weighted by Crippen LogP contribution is -2.46. The summed E-state index contributed by atoms with van der Waals surface area (Å²) in [5.41, 5.74) is 7.46. The molecule has 2 aromatic rings. The van der Waals surface area contributed by atoms with Crippen LogP contribution in [0.2, 0.25) is 0 Å². The highest BCUT2D eigenvalue weighted by Crippen LogP contribution is 2.15. The molecular weight excluding hydrogens is 486 g/mol. The number of nitrogens with one attached hydrogen (secondary N) is 1. The van der Waals surface area contributed by atoms with E-state index < -0.39 is 28.1 Å². The average Bonchev–Trinajstić information content (AvgIpc) is 3.35. The number of hydrogen-bond donors (Lipinski definition) is 2. The Hall–Kier alpha value is -1.98. The van der Waals surface area contributed by atoms with Crippen molar-refractivity contribution in [2.24, 2.45) is 5.73 Å². The molecule has 0 aliphatic rings. The molecule has 3 N–H and O–H groups in total. The molecule has 0 bridgehead atoms. The molecular formula is C25H39N3O5S2. The molecule has 8 nitrogen and oxygen atoms in total. The van der Waals surface area contributed by atoms with Crippen LogP contribution < -0.4 is 15.8 Å². The number of nitrogens with two attached hydrogens (primary N) is 1. The molecule has 35 heavy (non-hydrogen) atoms. The van der Waals surface area contributed by atoms with E-state index in [1.165, 1.54) is 4.31 Å². The van der Waals surface area contributed by atoms with Crippen molar-refractivity contribution in [3.05, 3.63) is 52.2 Å². The summed E-state index contributed by atoms with van der Waals surface area (Å²) in [6.45, 7) is 5.67. The normalized spacial score (nSPS) is 13.5. The highest BCUT2D eigenvalue weighted by Gasteiger charge is 2.26. The van der Waals surface area contributed by atoms with Gasteiger partial charge in [-0.1, -0.05) is 32.0 Å². The largest absolute Gasteiger partial charge is 0.497 e. The predicted molar refractivity (Wildman–Crippen MR) is 141 cm³/mol. The Bertz CT molecular complexity index is 977. The summed E-state index contributed by atoms with van der Waals surface area (Å²) in [7, 11) is -1.90. The van der Waals surface area contributed by atoms with E-state index in [0.29, 0.717) is 32.6 Å². The zero-order valence-electron chi connectivity index (χ0n) is 20.9. The number of benzene rings is 1. The van der Waals surface area contributed by atoms with Gasteiger partial charge < -0.3 is 20.5 Å². The SMILES string of the molecule is CCCN(CCC)S(=O)(=O)CCC(=O)O[C@H](CNCc1cccc(OC)c1)[C@@H](N)Cc1cccs1. The third-order valence-corrected chi connectivity index (χ3v) is 8.26. The van der Waals surface area contributed by atoms with Crippen molar-refractivity contribution >= 4 is 27.3 Å². The number of carbonyl (C=O) groups is 1. The van der Waals surface area contributed by atoms with Crippen molar-refractivity contribution in [1.29, 1.82) is 0 Å². The second-order valence-corrected chi connectivity index (χ2v) is 11.5. The lowest BCUT2D eigenvalue weighted by molar-refractivity contribution is -0.149. The first kappa shape index (κ1) is 29.3. The zero-order chi connectivity index (χ0) is 25.7. The molecule has 0 fully saturated rings. The Balaban J connectivity index is 1.98. The predicted octanol–water partition coefficient (Wildman–Crippen LogP) is 3.17. The Morgan fingerprint density at radius 3 is 2.54 bits per heavy atom. The van der Waals surface area contributed by atoms with Crippen LogP contribution in [0.5, 0.6) is 5.75 Å². The van der Waals surface area contributed by atoms with E-state index in [0.717, 1.165) is 29.0 Å². The van der Waals surface area contributed by atoms with Gasteiger partial charge in [0.25, 0.3) is 0 Å². The molecule has 2 atom stereocenters. The number of rotatable bonds is 17. The van der Waals surface area contributed by atoms with Crippen LogP contribution in [0.4, 0.5) is 0 Å². The summed E-state index contributed by atoms with van der Waals surface area (Å²) in [6, 6.07) is 11.2. The molecule has 1 aromatic heterocycles. The fraction of sp³-hybridized carbons (Fsp3) is 0.560. The highest BCUT2D eigenvalue weighted by molar-refractivity contribution is 7.89. The zero-order valence-corrected chi connectivity index (χ0v) is 22.6. The van der Waals surface area contributed by atoms with Gasteiger partial charge in [0.15, 0.2) is 0 Å². The fourth-order valence-electron chi connectivity index (χ4n) is 3.67. The minimum absolute atomic E-state index is 0.204. The first-order valence-electron chi connectivity index (χ1n) is 12.1. The van der Waals surface area contributed by atoms with Gasteiger partial charge in [-0.15, -0.1) is 11.3 Å². The highest BCUT2D eigenvalue weighted by atomic mass is 32.2. The van der Waals surface area contributed by atoms with Gasteiger partial charge in [0.1, 0.15) is 11.9 Å². The number of ether oxygens (including phenoxy) is 2. The standard InChI is InChI=1S/C25H39N3O5S2/c1-4-12-28(13-5-2)35(30,31)15-11-25(29)33-24(23(26)17-22-10-7-14-34-22)19-27-18-20-8-6-9-21(16-20)32-3/h6-10,14,16,23-24,27H,4-5,11-13,15,17-19,26H2,1-3H3/t23-,24+/m0/s1. The summed E-state index contributed by atoms with van der Waals surface area (Å²) in [6.07, 6.45) is 1.21. The maximum absolute atomic E-state index is 12.7. The molecule has 0 aliphatic carbocycles. The number of carbonyl (C=O) groups excluding carboxylic acids is 1. The second-order valence-electron chi connectivity index (χ2n) is 8.42. The van der Waals surface area contributed by atoms with Gasteiger partial charge in [-0.05, 0) is 42.0 Å². The molecule has 1 aromatic carbocycles. The molecule has 0 saturated carbocycles. The van der Waals surface area contributed by atoms with E-state index in [1.54, 1.807) is 18.4 Å². The Labute approximate surface area is 213 Å². The van der Waals surface area contributed by atoms with Crippen molar-refractivity contribution in [2.75, 3.05) is 32.5 Å². The third-order valence-electron chi connectivity index (χ3n) is 5.49. The molecule has 196 valence electrons. The van der Waals surface area contributed by atoms with Gasteiger partial charge in [0.2, 0.25) is 10.0 Å². The summed E-state index contributed by atoms with van der Waals surface area (Å²) in [4.78, 5) is 13.8. The number of methoxy groups -OCH3 is 1. The summed E-state index contributed by atoms with van der Waals surface area (Å²) in [5.74, 6) is -0.0601. The second kappa shape index (κ2) is 15.2. The quantitative estimate of drug-likeness (QED) is 0.305. The van der Waals surface area contributed by atoms with Crippen molar-refractivity contribution in [1.82, 2.24) is 9.62 Å². The van der Waals surface area contributed by atoms with Gasteiger partial charge >= 0.3 is 5.97 Å². The van der Waals surface area contributed by atoms with Crippen LogP contribution in [0, 0.1) is 0 Å². The molecule has 0 amide bonds. The fourth-order valence-corrected chi connectivity index (χ4v) is 6.05. The summed E-state index contributed by atoms with van der Waals surface area (Å²) < 4.78 is 37.8. The maximum Gasteiger partial charge on any atom is 0.307 e. The Morgan fingerprint density at radius 1 is 1.17 bits per heavy atom. The first-order valence-corrected chi connectivity index (χ1v) is 14.6. The van der Waals surface area contributed by atoms with Crippen molar-refractivity contribution < 1.29 is 22.7 Å². The van der Waals surface area contributed by atoms with Crippen LogP contribution in [-0.2, 0) is 32.5 Å². The lowest BCUT2D eigenvalue weighted by atomic mass is 10.1. The monoisotopic (exact) mass is 525 g/mol. The van der Waals surface area contributed by atoms with Gasteiger partial charge in [-0.3, -0.25) is 4.79 Å². The van der Waals surface area contributed by atoms with Crippen molar-refractivity contribution in [2.45, 2.75) is 58.2 Å². The minimum atomic E-state index is -3.52. The van der Waals surface area contributed by atoms with E-state index in [4.69, 9.17) is 15.2 Å². The Kier molecular flexibility index (Phi) is 12.7. The maximum atomic E-state index is 12.7. The number of thiophene rings is 1. The third kappa shape index (κ3) is 10.3. The van der Waals surface area contributed by atoms with Gasteiger partial charge in [0, 0.05) is 43.5 Å². The molecule has 2 rings (SSSR count). The molecule has 10 heteroatoms. The molecule has 0 spiro atoms. The van der Waals surface area contributed by atoms with Crippen LogP contribution in [0.25, 0.3) is 0 Å². The summed E-state index contributed by atoms with van der Waals surface area (Å²) >= 11 is 1.60. The molecule has 1 heterocycles. The van der Waals surface area contributed by atoms with E-state index >= 15 is 0 Å². The van der Waals surface area contributed by atoms with Gasteiger partial charge in [-0.2, -0.15) is 0 Å². The molecule has 0 aliphatic heterocycles. The minimum Gasteiger partial charge on any atom is -0.497 e. The van der Waals surface area contributed by atoms with Crippen molar-refractivity contribution in [3.63, 3.8) is 0 Å². The first-order chi connectivity index (χ1) is 16.8. The van der Waals surface area contributed by atoms with Crippen LogP contribution in [0.1, 0.15) is 43.6 Å². The number of nitrogens with zero attached hydrogens (tertiary/aromatic N) is 1. The van der Waals surface area contributed by atoms with E-state index in [2.05, 4.69) is 5.32 Å². The lowest BCUT2D eigenvalue weighted by Gasteiger charge is -2.25. The van der Waals surface area contributed by atoms with Crippen LogP contribution >= 0.6 is 11.3 Å². The van der Waals surface area contributed by atoms with Crippen LogP contribution in [0.3, 0.4) is 0 Å². The van der Waals surface area contributed by atoms with Gasteiger partial charge in [-0.25, -0.2) is 12.7 Å². The number of hydrogen-bond acceptors (Lipinski definition) is 8. The summed E-state index contributed by atoms with van der Waals surface area (Å²) in [5, 5.41) is 5.29. The van der Waals surface area contributed by atoms with Gasteiger partial charge in [0.05, 0.1) is 19.3 Å². The Morgan fingerprint density at radius 2 is 1.91 bits per heavy atom. The van der Waals surface area contributed by atoms with Crippen LogP contribution in [-0.4, -0.2) is 63.3 Å². The topological polar surface area (TPSA) is 111 Å². The average molecular weight is 526 g/mol. The van der Waals surface area contributed by atoms with Crippen LogP contribution in [0.15, 0.2) is 41.8 Å². The van der Waals surface area contributed by atoms with E-state index in [-0.39, 0.29) is 12.2 Å². The van der Waals surface area contributed by atoms with E-state index in [1.807, 2.05) is 55.6 Å². The molecule has 0 saturated heterocycles. The molecule has 0 unspecified atom stereocenters. The molecule has 0 radical (unpaired) electrons. The van der Waals surface area contributed by atoms with E-state index in [9.17, 15) is 13.2 Å².